The molecule has 1 atom stereocenters. The molecule has 0 spiro atoms. The van der Waals surface area contributed by atoms with Gasteiger partial charge in [0.1, 0.15) is 22.8 Å². The third-order valence-electron chi connectivity index (χ3n) is 4.55. The van der Waals surface area contributed by atoms with Gasteiger partial charge in [0.15, 0.2) is 0 Å². The van der Waals surface area contributed by atoms with Gasteiger partial charge in [0.05, 0.1) is 18.3 Å². The van der Waals surface area contributed by atoms with Crippen LogP contribution in [0.5, 0.6) is 0 Å². The number of carbonyl (C=O) groups is 1. The molecular weight excluding hydrogens is 308 g/mol. The van der Waals surface area contributed by atoms with E-state index in [9.17, 15) is 9.90 Å². The molecule has 7 heteroatoms. The second-order valence-corrected chi connectivity index (χ2v) is 6.87. The highest BCUT2D eigenvalue weighted by molar-refractivity contribution is 5.95. The van der Waals surface area contributed by atoms with Crippen LogP contribution in [0.1, 0.15) is 60.3 Å². The summed E-state index contributed by atoms with van der Waals surface area (Å²) in [5.41, 5.74) is -0.0790. The van der Waals surface area contributed by atoms with E-state index in [0.29, 0.717) is 42.2 Å². The van der Waals surface area contributed by atoms with E-state index in [2.05, 4.69) is 10.3 Å². The van der Waals surface area contributed by atoms with Crippen LogP contribution in [0.4, 0.5) is 0 Å². The number of furan rings is 1. The Balaban J connectivity index is 1.82. The first-order valence-electron chi connectivity index (χ1n) is 8.31. The fourth-order valence-electron chi connectivity index (χ4n) is 3.17. The number of likely N-dealkylation sites (tertiary alicyclic amines) is 1. The van der Waals surface area contributed by atoms with Crippen LogP contribution >= 0.6 is 0 Å². The van der Waals surface area contributed by atoms with Gasteiger partial charge in [-0.2, -0.15) is 0 Å². The summed E-state index contributed by atoms with van der Waals surface area (Å²) in [6, 6.07) is 1.92. The van der Waals surface area contributed by atoms with Gasteiger partial charge in [0.2, 0.25) is 0 Å². The molecule has 2 aromatic heterocycles. The number of β-amino-alcohol motifs (C(OH)–C–C–N with tert-alkyl or cyclic N) is 1. The molecule has 1 fully saturated rings. The summed E-state index contributed by atoms with van der Waals surface area (Å²) < 4.78 is 7.18. The van der Waals surface area contributed by atoms with Crippen molar-refractivity contribution in [2.24, 2.45) is 0 Å². The molecule has 1 amide bonds. The van der Waals surface area contributed by atoms with Crippen LogP contribution in [0, 0.1) is 13.8 Å². The van der Waals surface area contributed by atoms with Crippen LogP contribution in [0.3, 0.4) is 0 Å². The molecule has 3 rings (SSSR count). The second kappa shape index (κ2) is 6.05. The summed E-state index contributed by atoms with van der Waals surface area (Å²) in [5.74, 6) is 1.21. The Hall–Kier alpha value is -2.15. The van der Waals surface area contributed by atoms with Crippen molar-refractivity contribution in [2.75, 3.05) is 13.1 Å². The zero-order valence-electron chi connectivity index (χ0n) is 14.6. The molecule has 1 unspecified atom stereocenters. The van der Waals surface area contributed by atoms with Crippen LogP contribution in [0.25, 0.3) is 0 Å². The first kappa shape index (κ1) is 16.7. The molecule has 2 aromatic rings. The predicted octanol–water partition coefficient (Wildman–Crippen LogP) is 2.19. The van der Waals surface area contributed by atoms with Crippen molar-refractivity contribution in [3.8, 4) is 0 Å². The Bertz CT molecular complexity index is 749. The van der Waals surface area contributed by atoms with Gasteiger partial charge in [0, 0.05) is 12.6 Å². The number of hydrogen-bond acceptors (Lipinski definition) is 5. The Morgan fingerprint density at radius 3 is 2.75 bits per heavy atom. The first-order chi connectivity index (χ1) is 11.3. The highest BCUT2D eigenvalue weighted by Crippen LogP contribution is 2.31. The molecule has 1 aliphatic heterocycles. The number of carbonyl (C=O) groups excluding carboxylic acids is 1. The minimum absolute atomic E-state index is 0.112. The lowest BCUT2D eigenvalue weighted by molar-refractivity contribution is -0.0321. The van der Waals surface area contributed by atoms with Crippen LogP contribution in [0.15, 0.2) is 16.7 Å². The number of aliphatic hydroxyl groups is 1. The third-order valence-corrected chi connectivity index (χ3v) is 4.55. The van der Waals surface area contributed by atoms with Crippen molar-refractivity contribution >= 4 is 5.91 Å². The zero-order valence-corrected chi connectivity index (χ0v) is 14.6. The molecule has 3 heterocycles. The highest BCUT2D eigenvalue weighted by Gasteiger charge is 2.39. The second-order valence-electron chi connectivity index (χ2n) is 6.87. The number of aryl methyl sites for hydroxylation is 2. The van der Waals surface area contributed by atoms with Gasteiger partial charge in [-0.3, -0.25) is 4.79 Å². The molecule has 0 saturated carbocycles. The molecule has 24 heavy (non-hydrogen) atoms. The predicted molar refractivity (Wildman–Crippen MR) is 87.6 cm³/mol. The molecule has 0 aliphatic carbocycles. The summed E-state index contributed by atoms with van der Waals surface area (Å²) in [7, 11) is 0. The summed E-state index contributed by atoms with van der Waals surface area (Å²) >= 11 is 0. The van der Waals surface area contributed by atoms with E-state index in [4.69, 9.17) is 4.42 Å². The SMILES string of the molecule is Cc1cc(C(=O)N2CCCC(O)(c3cn(C(C)C)nn3)C2)c(C)o1. The lowest BCUT2D eigenvalue weighted by Gasteiger charge is -2.37. The molecule has 1 saturated heterocycles. The lowest BCUT2D eigenvalue weighted by Crippen LogP contribution is -2.48. The van der Waals surface area contributed by atoms with Gasteiger partial charge >= 0.3 is 0 Å². The highest BCUT2D eigenvalue weighted by atomic mass is 16.3. The molecule has 130 valence electrons. The molecular formula is C17H24N4O3. The fourth-order valence-corrected chi connectivity index (χ4v) is 3.17. The molecule has 7 nitrogen and oxygen atoms in total. The lowest BCUT2D eigenvalue weighted by atomic mass is 9.89. The quantitative estimate of drug-likeness (QED) is 0.931. The van der Waals surface area contributed by atoms with Gasteiger partial charge in [-0.15, -0.1) is 5.10 Å². The average molecular weight is 332 g/mol. The van der Waals surface area contributed by atoms with Crippen LogP contribution in [-0.2, 0) is 5.60 Å². The maximum absolute atomic E-state index is 12.8. The summed E-state index contributed by atoms with van der Waals surface area (Å²) in [4.78, 5) is 14.5. The van der Waals surface area contributed by atoms with E-state index < -0.39 is 5.60 Å². The molecule has 0 aromatic carbocycles. The Labute approximate surface area is 141 Å². The van der Waals surface area contributed by atoms with E-state index >= 15 is 0 Å². The number of rotatable bonds is 3. The summed E-state index contributed by atoms with van der Waals surface area (Å²) in [6.45, 7) is 8.44. The zero-order chi connectivity index (χ0) is 17.5. The van der Waals surface area contributed by atoms with Gasteiger partial charge in [-0.05, 0) is 46.6 Å². The van der Waals surface area contributed by atoms with E-state index in [1.54, 1.807) is 28.8 Å². The van der Waals surface area contributed by atoms with Crippen LogP contribution in [-0.4, -0.2) is 44.0 Å². The fraction of sp³-hybridized carbons (Fsp3) is 0.588. The number of amides is 1. The Morgan fingerprint density at radius 2 is 2.17 bits per heavy atom. The summed E-state index contributed by atoms with van der Waals surface area (Å²) in [6.07, 6.45) is 3.05. The molecule has 0 bridgehead atoms. The molecule has 1 N–H and O–H groups in total. The van der Waals surface area contributed by atoms with Crippen molar-refractivity contribution in [3.05, 3.63) is 35.0 Å². The number of nitrogens with zero attached hydrogens (tertiary/aromatic N) is 4. The third kappa shape index (κ3) is 2.96. The van der Waals surface area contributed by atoms with E-state index in [-0.39, 0.29) is 18.5 Å². The van der Waals surface area contributed by atoms with Crippen LogP contribution in [0.2, 0.25) is 0 Å². The van der Waals surface area contributed by atoms with Gasteiger partial charge in [0.25, 0.3) is 5.91 Å². The largest absolute Gasteiger partial charge is 0.466 e. The van der Waals surface area contributed by atoms with Crippen LogP contribution < -0.4 is 0 Å². The molecule has 0 radical (unpaired) electrons. The monoisotopic (exact) mass is 332 g/mol. The van der Waals surface area contributed by atoms with Gasteiger partial charge < -0.3 is 14.4 Å². The van der Waals surface area contributed by atoms with Crippen molar-refractivity contribution < 1.29 is 14.3 Å². The standard InChI is InChI=1S/C17H24N4O3/c1-11(2)21-9-15(18-19-21)17(23)6-5-7-20(10-17)16(22)14-8-12(3)24-13(14)4/h8-9,11,23H,5-7,10H2,1-4H3. The van der Waals surface area contributed by atoms with Gasteiger partial charge in [-0.25, -0.2) is 4.68 Å². The Kier molecular flexibility index (Phi) is 4.21. The van der Waals surface area contributed by atoms with E-state index in [1.807, 2.05) is 20.8 Å². The average Bonchev–Trinajstić information content (AvgIpc) is 3.14. The van der Waals surface area contributed by atoms with E-state index in [0.717, 1.165) is 0 Å². The topological polar surface area (TPSA) is 84.4 Å². The Morgan fingerprint density at radius 1 is 1.42 bits per heavy atom. The first-order valence-corrected chi connectivity index (χ1v) is 8.31. The van der Waals surface area contributed by atoms with Gasteiger partial charge in [-0.1, -0.05) is 5.21 Å². The maximum atomic E-state index is 12.8. The molecule has 1 aliphatic rings. The minimum atomic E-state index is -1.16. The van der Waals surface area contributed by atoms with Crippen molar-refractivity contribution in [2.45, 2.75) is 52.2 Å². The maximum Gasteiger partial charge on any atom is 0.257 e. The minimum Gasteiger partial charge on any atom is -0.466 e. The normalized spacial score (nSPS) is 21.5. The smallest absolute Gasteiger partial charge is 0.257 e. The number of aromatic nitrogens is 3. The number of piperidine rings is 1. The van der Waals surface area contributed by atoms with Crippen molar-refractivity contribution in [1.82, 2.24) is 19.9 Å². The number of hydrogen-bond donors (Lipinski definition) is 1. The van der Waals surface area contributed by atoms with E-state index in [1.165, 1.54) is 0 Å². The summed E-state index contributed by atoms with van der Waals surface area (Å²) in [5, 5.41) is 19.2. The van der Waals surface area contributed by atoms with Crippen molar-refractivity contribution in [3.63, 3.8) is 0 Å². The van der Waals surface area contributed by atoms with Crippen molar-refractivity contribution in [1.29, 1.82) is 0 Å².